The van der Waals surface area contributed by atoms with Crippen LogP contribution in [-0.4, -0.2) is 40.1 Å². The molecule has 3 rings (SSSR count). The Bertz CT molecular complexity index is 1020. The minimum absolute atomic E-state index is 0.0465. The van der Waals surface area contributed by atoms with Gasteiger partial charge >= 0.3 is 0 Å². The monoisotopic (exact) mass is 432 g/mol. The molecule has 0 spiro atoms. The fourth-order valence-corrected chi connectivity index (χ4v) is 4.42. The highest BCUT2D eigenvalue weighted by Crippen LogP contribution is 2.23. The van der Waals surface area contributed by atoms with Crippen LogP contribution in [0.25, 0.3) is 0 Å². The molecule has 29 heavy (non-hydrogen) atoms. The van der Waals surface area contributed by atoms with Crippen LogP contribution >= 0.6 is 11.6 Å². The molecule has 1 aliphatic rings. The van der Waals surface area contributed by atoms with E-state index in [2.05, 4.69) is 21.9 Å². The van der Waals surface area contributed by atoms with Gasteiger partial charge in [-0.25, -0.2) is 13.1 Å². The molecule has 2 aromatic rings. The second-order valence-corrected chi connectivity index (χ2v) is 8.63. The van der Waals surface area contributed by atoms with Crippen molar-refractivity contribution in [1.82, 2.24) is 10.0 Å². The van der Waals surface area contributed by atoms with Gasteiger partial charge in [-0.05, 0) is 43.2 Å². The molecule has 1 aliphatic heterocycles. The first-order chi connectivity index (χ1) is 14.0. The lowest BCUT2D eigenvalue weighted by Crippen LogP contribution is -2.32. The summed E-state index contributed by atoms with van der Waals surface area (Å²) in [4.78, 5) is 12.2. The molecule has 6 nitrogen and oxygen atoms in total. The third-order valence-corrected chi connectivity index (χ3v) is 6.26. The minimum atomic E-state index is -3.87. The SMILES string of the molecule is O=C(NCC#Cc1ccccc1)c1ccc(Cl)c(S(=O)(=O)NCC2CCCO2)c1. The largest absolute Gasteiger partial charge is 0.377 e. The molecule has 0 radical (unpaired) electrons. The summed E-state index contributed by atoms with van der Waals surface area (Å²) in [6.45, 7) is 0.940. The average molecular weight is 433 g/mol. The van der Waals surface area contributed by atoms with Crippen LogP contribution in [0.1, 0.15) is 28.8 Å². The normalized spacial score (nSPS) is 16.1. The van der Waals surface area contributed by atoms with Gasteiger partial charge in [-0.2, -0.15) is 0 Å². The molecular formula is C21H21ClN2O4S. The molecule has 8 heteroatoms. The minimum Gasteiger partial charge on any atom is -0.377 e. The number of carbonyl (C=O) groups excluding carboxylic acids is 1. The molecule has 1 heterocycles. The predicted molar refractivity (Wildman–Crippen MR) is 111 cm³/mol. The summed E-state index contributed by atoms with van der Waals surface area (Å²) >= 11 is 6.07. The van der Waals surface area contributed by atoms with Crippen LogP contribution < -0.4 is 10.0 Å². The van der Waals surface area contributed by atoms with Crippen molar-refractivity contribution in [2.24, 2.45) is 0 Å². The van der Waals surface area contributed by atoms with E-state index in [-0.39, 0.29) is 34.7 Å². The molecule has 1 fully saturated rings. The van der Waals surface area contributed by atoms with Crippen molar-refractivity contribution in [2.45, 2.75) is 23.8 Å². The van der Waals surface area contributed by atoms with E-state index < -0.39 is 15.9 Å². The Morgan fingerprint density at radius 1 is 1.21 bits per heavy atom. The Morgan fingerprint density at radius 3 is 2.72 bits per heavy atom. The van der Waals surface area contributed by atoms with Crippen molar-refractivity contribution in [3.63, 3.8) is 0 Å². The summed E-state index contributed by atoms with van der Waals surface area (Å²) < 4.78 is 33.1. The smallest absolute Gasteiger partial charge is 0.252 e. The van der Waals surface area contributed by atoms with E-state index in [1.807, 2.05) is 30.3 Å². The molecule has 1 unspecified atom stereocenters. The Morgan fingerprint density at radius 2 is 2.00 bits per heavy atom. The lowest BCUT2D eigenvalue weighted by atomic mass is 10.2. The molecular weight excluding hydrogens is 412 g/mol. The summed E-state index contributed by atoms with van der Waals surface area (Å²) in [7, 11) is -3.87. The van der Waals surface area contributed by atoms with Crippen molar-refractivity contribution >= 4 is 27.5 Å². The lowest BCUT2D eigenvalue weighted by Gasteiger charge is -2.13. The van der Waals surface area contributed by atoms with E-state index in [0.29, 0.717) is 6.61 Å². The molecule has 1 saturated heterocycles. The van der Waals surface area contributed by atoms with Gasteiger partial charge in [-0.3, -0.25) is 4.79 Å². The van der Waals surface area contributed by atoms with E-state index in [0.717, 1.165) is 18.4 Å². The number of ether oxygens (including phenoxy) is 1. The third kappa shape index (κ3) is 6.05. The topological polar surface area (TPSA) is 84.5 Å². The Labute approximate surface area is 175 Å². The van der Waals surface area contributed by atoms with Crippen LogP contribution in [0.5, 0.6) is 0 Å². The van der Waals surface area contributed by atoms with Crippen molar-refractivity contribution < 1.29 is 17.9 Å². The summed E-state index contributed by atoms with van der Waals surface area (Å²) in [6, 6.07) is 13.5. The van der Waals surface area contributed by atoms with Crippen LogP contribution in [0, 0.1) is 11.8 Å². The number of halogens is 1. The third-order valence-electron chi connectivity index (χ3n) is 4.35. The second-order valence-electron chi connectivity index (χ2n) is 6.48. The quantitative estimate of drug-likeness (QED) is 0.687. The van der Waals surface area contributed by atoms with Gasteiger partial charge in [0.25, 0.3) is 5.91 Å². The zero-order chi connectivity index (χ0) is 20.7. The van der Waals surface area contributed by atoms with Gasteiger partial charge in [0.2, 0.25) is 10.0 Å². The number of rotatable bonds is 6. The van der Waals surface area contributed by atoms with Crippen LogP contribution in [0.2, 0.25) is 5.02 Å². The molecule has 0 aliphatic carbocycles. The zero-order valence-electron chi connectivity index (χ0n) is 15.7. The molecule has 2 aromatic carbocycles. The fraction of sp³-hybridized carbons (Fsp3) is 0.286. The zero-order valence-corrected chi connectivity index (χ0v) is 17.2. The van der Waals surface area contributed by atoms with Gasteiger partial charge in [0.15, 0.2) is 0 Å². The predicted octanol–water partition coefficient (Wildman–Crippen LogP) is 2.58. The van der Waals surface area contributed by atoms with Gasteiger partial charge in [0, 0.05) is 24.3 Å². The maximum Gasteiger partial charge on any atom is 0.252 e. The van der Waals surface area contributed by atoms with E-state index in [1.165, 1.54) is 18.2 Å². The average Bonchev–Trinajstić information content (AvgIpc) is 3.24. The molecule has 2 N–H and O–H groups in total. The number of amides is 1. The molecule has 0 saturated carbocycles. The molecule has 1 amide bonds. The van der Waals surface area contributed by atoms with Crippen LogP contribution in [0.15, 0.2) is 53.4 Å². The lowest BCUT2D eigenvalue weighted by molar-refractivity contribution is 0.0958. The van der Waals surface area contributed by atoms with Gasteiger partial charge in [-0.15, -0.1) is 0 Å². The van der Waals surface area contributed by atoms with Crippen LogP contribution in [-0.2, 0) is 14.8 Å². The maximum atomic E-state index is 12.6. The van der Waals surface area contributed by atoms with E-state index in [1.54, 1.807) is 0 Å². The van der Waals surface area contributed by atoms with Crippen LogP contribution in [0.3, 0.4) is 0 Å². The molecule has 1 atom stereocenters. The van der Waals surface area contributed by atoms with Crippen molar-refractivity contribution in [2.75, 3.05) is 19.7 Å². The standard InChI is InChI=1S/C21H21ClN2O4S/c22-19-11-10-17(21(25)23-12-4-8-16-6-2-1-3-7-16)14-20(19)29(26,27)24-15-18-9-5-13-28-18/h1-3,6-7,10-11,14,18,24H,5,9,12-13,15H2,(H,23,25). The number of nitrogens with one attached hydrogen (secondary N) is 2. The highest BCUT2D eigenvalue weighted by molar-refractivity contribution is 7.89. The van der Waals surface area contributed by atoms with E-state index in [4.69, 9.17) is 16.3 Å². The summed E-state index contributed by atoms with van der Waals surface area (Å²) in [6.07, 6.45) is 1.58. The second kappa shape index (κ2) is 9.90. The van der Waals surface area contributed by atoms with Crippen molar-refractivity contribution in [3.8, 4) is 11.8 Å². The number of hydrogen-bond donors (Lipinski definition) is 2. The Balaban J connectivity index is 1.64. The van der Waals surface area contributed by atoms with E-state index in [9.17, 15) is 13.2 Å². The van der Waals surface area contributed by atoms with Gasteiger partial charge < -0.3 is 10.1 Å². The number of benzene rings is 2. The first kappa shape index (κ1) is 21.3. The van der Waals surface area contributed by atoms with Crippen LogP contribution in [0.4, 0.5) is 0 Å². The highest BCUT2D eigenvalue weighted by atomic mass is 35.5. The number of carbonyl (C=O) groups is 1. The maximum absolute atomic E-state index is 12.6. The highest BCUT2D eigenvalue weighted by Gasteiger charge is 2.23. The first-order valence-corrected chi connectivity index (χ1v) is 11.0. The molecule has 152 valence electrons. The Hall–Kier alpha value is -2.37. The number of hydrogen-bond acceptors (Lipinski definition) is 4. The Kier molecular flexibility index (Phi) is 7.29. The van der Waals surface area contributed by atoms with Gasteiger partial charge in [-0.1, -0.05) is 41.6 Å². The fourth-order valence-electron chi connectivity index (χ4n) is 2.83. The molecule has 0 aromatic heterocycles. The van der Waals surface area contributed by atoms with Gasteiger partial charge in [0.05, 0.1) is 17.7 Å². The van der Waals surface area contributed by atoms with Gasteiger partial charge in [0.1, 0.15) is 4.90 Å². The first-order valence-electron chi connectivity index (χ1n) is 9.18. The number of sulfonamides is 1. The summed E-state index contributed by atoms with van der Waals surface area (Å²) in [5, 5.41) is 2.70. The van der Waals surface area contributed by atoms with E-state index >= 15 is 0 Å². The molecule has 0 bridgehead atoms. The summed E-state index contributed by atoms with van der Waals surface area (Å²) in [5.74, 6) is 5.36. The summed E-state index contributed by atoms with van der Waals surface area (Å²) in [5.41, 5.74) is 1.03. The van der Waals surface area contributed by atoms with Crippen molar-refractivity contribution in [3.05, 3.63) is 64.7 Å². The van der Waals surface area contributed by atoms with Crippen molar-refractivity contribution in [1.29, 1.82) is 0 Å².